The van der Waals surface area contributed by atoms with Gasteiger partial charge in [0.2, 0.25) is 0 Å². The largest absolute Gasteiger partial charge is 0.489 e. The lowest BCUT2D eigenvalue weighted by Crippen LogP contribution is -2.22. The van der Waals surface area contributed by atoms with Gasteiger partial charge in [-0.1, -0.05) is 17.7 Å². The molecule has 0 unspecified atom stereocenters. The van der Waals surface area contributed by atoms with Crippen molar-refractivity contribution in [1.82, 2.24) is 4.98 Å². The Balaban J connectivity index is 1.91. The summed E-state index contributed by atoms with van der Waals surface area (Å²) in [6.45, 7) is 3.14. The summed E-state index contributed by atoms with van der Waals surface area (Å²) in [7, 11) is 0. The zero-order valence-electron chi connectivity index (χ0n) is 11.4. The molecule has 108 valence electrons. The van der Waals surface area contributed by atoms with Crippen LogP contribution in [0.3, 0.4) is 0 Å². The van der Waals surface area contributed by atoms with Crippen molar-refractivity contribution >= 4 is 28.9 Å². The lowest BCUT2D eigenvalue weighted by molar-refractivity contribution is 0.102. The van der Waals surface area contributed by atoms with E-state index in [2.05, 4.69) is 15.6 Å². The molecule has 2 aromatic rings. The van der Waals surface area contributed by atoms with E-state index in [1.807, 2.05) is 19.1 Å². The minimum Gasteiger partial charge on any atom is -0.489 e. The fourth-order valence-corrected chi connectivity index (χ4v) is 2.33. The van der Waals surface area contributed by atoms with Crippen LogP contribution in [0.25, 0.3) is 0 Å². The first-order chi connectivity index (χ1) is 10.1. The number of pyridine rings is 1. The number of para-hydroxylation sites is 1. The van der Waals surface area contributed by atoms with E-state index in [-0.39, 0.29) is 11.1 Å². The molecule has 1 aliphatic rings. The second-order valence-corrected chi connectivity index (χ2v) is 5.12. The van der Waals surface area contributed by atoms with Crippen molar-refractivity contribution in [2.45, 2.75) is 6.92 Å². The molecular formula is C15H14ClN3O2. The van der Waals surface area contributed by atoms with Crippen LogP contribution in [0.5, 0.6) is 5.75 Å². The summed E-state index contributed by atoms with van der Waals surface area (Å²) in [5.41, 5.74) is 2.70. The molecule has 2 N–H and O–H groups in total. The summed E-state index contributed by atoms with van der Waals surface area (Å²) in [6, 6.07) is 7.19. The topological polar surface area (TPSA) is 63.2 Å². The number of rotatable bonds is 2. The monoisotopic (exact) mass is 303 g/mol. The molecule has 5 nitrogen and oxygen atoms in total. The maximum atomic E-state index is 12.4. The molecule has 3 rings (SSSR count). The van der Waals surface area contributed by atoms with Gasteiger partial charge in [0, 0.05) is 12.7 Å². The minimum atomic E-state index is -0.273. The average molecular weight is 304 g/mol. The van der Waals surface area contributed by atoms with Crippen LogP contribution in [0.15, 0.2) is 30.5 Å². The Hall–Kier alpha value is -2.27. The highest BCUT2D eigenvalue weighted by molar-refractivity contribution is 6.32. The van der Waals surface area contributed by atoms with Crippen molar-refractivity contribution in [2.24, 2.45) is 0 Å². The average Bonchev–Trinajstić information content (AvgIpc) is 2.50. The molecule has 6 heteroatoms. The van der Waals surface area contributed by atoms with Crippen LogP contribution in [-0.4, -0.2) is 24.0 Å². The van der Waals surface area contributed by atoms with Crippen molar-refractivity contribution < 1.29 is 9.53 Å². The maximum Gasteiger partial charge on any atom is 0.259 e. The third-order valence-corrected chi connectivity index (χ3v) is 3.45. The second kappa shape index (κ2) is 5.61. The Labute approximate surface area is 127 Å². The van der Waals surface area contributed by atoms with Gasteiger partial charge in [0.15, 0.2) is 10.9 Å². The van der Waals surface area contributed by atoms with E-state index in [0.717, 1.165) is 17.8 Å². The van der Waals surface area contributed by atoms with Crippen molar-refractivity contribution in [3.05, 3.63) is 46.7 Å². The van der Waals surface area contributed by atoms with Gasteiger partial charge < -0.3 is 15.4 Å². The number of nitrogens with zero attached hydrogens (tertiary/aromatic N) is 1. The highest BCUT2D eigenvalue weighted by Crippen LogP contribution is 2.32. The van der Waals surface area contributed by atoms with Gasteiger partial charge in [-0.3, -0.25) is 4.79 Å². The van der Waals surface area contributed by atoms with E-state index in [4.69, 9.17) is 16.3 Å². The molecule has 1 aromatic carbocycles. The predicted molar refractivity (Wildman–Crippen MR) is 82.4 cm³/mol. The predicted octanol–water partition coefficient (Wildman–Crippen LogP) is 3.10. The Morgan fingerprint density at radius 2 is 2.33 bits per heavy atom. The molecule has 0 radical (unpaired) electrons. The summed E-state index contributed by atoms with van der Waals surface area (Å²) in [6.07, 6.45) is 1.65. The minimum absolute atomic E-state index is 0.262. The molecular weight excluding hydrogens is 290 g/mol. The molecule has 0 fully saturated rings. The summed E-state index contributed by atoms with van der Waals surface area (Å²) in [4.78, 5) is 16.5. The first kappa shape index (κ1) is 13.7. The molecule has 0 spiro atoms. The van der Waals surface area contributed by atoms with Crippen molar-refractivity contribution in [1.29, 1.82) is 0 Å². The number of aromatic nitrogens is 1. The number of hydrogen-bond acceptors (Lipinski definition) is 4. The number of amides is 1. The SMILES string of the molecule is Cc1cnc(Cl)c(NC(=O)c2cccc3c2OCCN3)c1. The first-order valence-electron chi connectivity index (χ1n) is 6.58. The van der Waals surface area contributed by atoms with Crippen LogP contribution < -0.4 is 15.4 Å². The first-order valence-corrected chi connectivity index (χ1v) is 6.96. The highest BCUT2D eigenvalue weighted by Gasteiger charge is 2.19. The molecule has 0 aliphatic carbocycles. The van der Waals surface area contributed by atoms with Gasteiger partial charge in [-0.15, -0.1) is 0 Å². The van der Waals surface area contributed by atoms with Crippen LogP contribution in [0.4, 0.5) is 11.4 Å². The van der Waals surface area contributed by atoms with E-state index in [1.165, 1.54) is 0 Å². The van der Waals surface area contributed by atoms with E-state index >= 15 is 0 Å². The molecule has 2 heterocycles. The standard InChI is InChI=1S/C15H14ClN3O2/c1-9-7-12(14(16)18-8-9)19-15(20)10-3-2-4-11-13(10)21-6-5-17-11/h2-4,7-8,17H,5-6H2,1H3,(H,19,20). The zero-order valence-corrected chi connectivity index (χ0v) is 12.2. The molecule has 21 heavy (non-hydrogen) atoms. The number of carbonyl (C=O) groups is 1. The van der Waals surface area contributed by atoms with Crippen molar-refractivity contribution in [2.75, 3.05) is 23.8 Å². The molecule has 0 atom stereocenters. The van der Waals surface area contributed by atoms with Crippen LogP contribution in [0.2, 0.25) is 5.15 Å². The summed E-state index contributed by atoms with van der Waals surface area (Å²) < 4.78 is 5.60. The van der Waals surface area contributed by atoms with Gasteiger partial charge in [-0.25, -0.2) is 4.98 Å². The van der Waals surface area contributed by atoms with Crippen LogP contribution >= 0.6 is 11.6 Å². The lowest BCUT2D eigenvalue weighted by Gasteiger charge is -2.21. The van der Waals surface area contributed by atoms with E-state index in [0.29, 0.717) is 23.6 Å². The van der Waals surface area contributed by atoms with Crippen LogP contribution in [-0.2, 0) is 0 Å². The van der Waals surface area contributed by atoms with Crippen LogP contribution in [0, 0.1) is 6.92 Å². The normalized spacial score (nSPS) is 12.9. The van der Waals surface area contributed by atoms with Crippen molar-refractivity contribution in [3.63, 3.8) is 0 Å². The number of carbonyl (C=O) groups excluding carboxylic acids is 1. The Kier molecular flexibility index (Phi) is 3.66. The quantitative estimate of drug-likeness (QED) is 0.837. The highest BCUT2D eigenvalue weighted by atomic mass is 35.5. The number of ether oxygens (including phenoxy) is 1. The van der Waals surface area contributed by atoms with E-state index in [9.17, 15) is 4.79 Å². The Morgan fingerprint density at radius 3 is 3.19 bits per heavy atom. The number of aryl methyl sites for hydroxylation is 1. The van der Waals surface area contributed by atoms with E-state index in [1.54, 1.807) is 18.3 Å². The third-order valence-electron chi connectivity index (χ3n) is 3.15. The Morgan fingerprint density at radius 1 is 1.48 bits per heavy atom. The second-order valence-electron chi connectivity index (χ2n) is 4.76. The van der Waals surface area contributed by atoms with Gasteiger partial charge in [0.1, 0.15) is 6.61 Å². The van der Waals surface area contributed by atoms with Gasteiger partial charge in [-0.2, -0.15) is 0 Å². The third kappa shape index (κ3) is 2.78. The number of fused-ring (bicyclic) bond motifs is 1. The number of benzene rings is 1. The Bertz CT molecular complexity index is 703. The van der Waals surface area contributed by atoms with Gasteiger partial charge in [0.05, 0.1) is 16.9 Å². The van der Waals surface area contributed by atoms with Gasteiger partial charge in [-0.05, 0) is 30.7 Å². The molecule has 0 bridgehead atoms. The summed E-state index contributed by atoms with van der Waals surface area (Å²) >= 11 is 6.00. The van der Waals surface area contributed by atoms with Crippen molar-refractivity contribution in [3.8, 4) is 5.75 Å². The molecule has 1 aliphatic heterocycles. The lowest BCUT2D eigenvalue weighted by atomic mass is 10.1. The van der Waals surface area contributed by atoms with Gasteiger partial charge in [0.25, 0.3) is 5.91 Å². The van der Waals surface area contributed by atoms with Gasteiger partial charge >= 0.3 is 0 Å². The fraction of sp³-hybridized carbons (Fsp3) is 0.200. The number of halogens is 1. The van der Waals surface area contributed by atoms with E-state index < -0.39 is 0 Å². The molecule has 1 aromatic heterocycles. The van der Waals surface area contributed by atoms with Crippen LogP contribution in [0.1, 0.15) is 15.9 Å². The molecule has 0 saturated heterocycles. The molecule has 1 amide bonds. The fourth-order valence-electron chi connectivity index (χ4n) is 2.18. The zero-order chi connectivity index (χ0) is 14.8. The maximum absolute atomic E-state index is 12.4. The molecule has 0 saturated carbocycles. The smallest absolute Gasteiger partial charge is 0.259 e. The number of anilines is 2. The number of hydrogen-bond donors (Lipinski definition) is 2. The number of nitrogens with one attached hydrogen (secondary N) is 2. The summed E-state index contributed by atoms with van der Waals surface area (Å²) in [5, 5.41) is 6.24. The summed E-state index contributed by atoms with van der Waals surface area (Å²) in [5.74, 6) is 0.294.